The first-order chi connectivity index (χ1) is 9.36. The topological polar surface area (TPSA) is 54.5 Å². The molecular formula is C14H19N3O2. The summed E-state index contributed by atoms with van der Waals surface area (Å²) in [4.78, 5) is 18.6. The molecule has 2 fully saturated rings. The van der Waals surface area contributed by atoms with Crippen LogP contribution in [-0.4, -0.2) is 48.1 Å². The number of hydrogen-bond donors (Lipinski definition) is 1. The highest BCUT2D eigenvalue weighted by atomic mass is 16.5. The number of carbonyl (C=O) groups is 1. The van der Waals surface area contributed by atoms with E-state index in [1.165, 1.54) is 0 Å². The Balaban J connectivity index is 1.74. The molecule has 0 radical (unpaired) electrons. The maximum atomic E-state index is 12.5. The van der Waals surface area contributed by atoms with Crippen molar-refractivity contribution in [3.63, 3.8) is 0 Å². The third-order valence-electron chi connectivity index (χ3n) is 3.81. The molecule has 3 heterocycles. The maximum Gasteiger partial charge on any atom is 0.253 e. The molecule has 1 aromatic heterocycles. The average Bonchev–Trinajstić information content (AvgIpc) is 2.98. The van der Waals surface area contributed by atoms with Crippen molar-refractivity contribution in [2.45, 2.75) is 25.0 Å². The van der Waals surface area contributed by atoms with E-state index >= 15 is 0 Å². The highest BCUT2D eigenvalue weighted by Gasteiger charge is 2.35. The summed E-state index contributed by atoms with van der Waals surface area (Å²) in [7, 11) is 0. The molecule has 5 nitrogen and oxygen atoms in total. The van der Waals surface area contributed by atoms with E-state index in [4.69, 9.17) is 4.74 Å². The van der Waals surface area contributed by atoms with Gasteiger partial charge in [-0.1, -0.05) is 6.07 Å². The number of aromatic nitrogens is 1. The fraction of sp³-hybridized carbons (Fsp3) is 0.571. The molecule has 0 bridgehead atoms. The summed E-state index contributed by atoms with van der Waals surface area (Å²) in [6, 6.07) is 4.13. The number of likely N-dealkylation sites (tertiary alicyclic amines) is 1. The van der Waals surface area contributed by atoms with E-state index in [2.05, 4.69) is 10.3 Å². The summed E-state index contributed by atoms with van der Waals surface area (Å²) >= 11 is 0. The van der Waals surface area contributed by atoms with E-state index in [0.29, 0.717) is 13.2 Å². The van der Waals surface area contributed by atoms with Gasteiger partial charge in [0.1, 0.15) is 6.10 Å². The fourth-order valence-corrected chi connectivity index (χ4v) is 2.86. The van der Waals surface area contributed by atoms with Crippen LogP contribution in [0.2, 0.25) is 0 Å². The number of ether oxygens (including phenoxy) is 1. The van der Waals surface area contributed by atoms with Gasteiger partial charge in [-0.05, 0) is 24.5 Å². The van der Waals surface area contributed by atoms with E-state index < -0.39 is 0 Å². The zero-order valence-electron chi connectivity index (χ0n) is 10.9. The van der Waals surface area contributed by atoms with Crippen LogP contribution in [0.1, 0.15) is 24.4 Å². The molecule has 2 aliphatic rings. The number of rotatable bonds is 2. The van der Waals surface area contributed by atoms with Gasteiger partial charge in [0, 0.05) is 32.0 Å². The summed E-state index contributed by atoms with van der Waals surface area (Å²) < 4.78 is 5.57. The number of amides is 1. The minimum absolute atomic E-state index is 0.110. The second kappa shape index (κ2) is 5.67. The maximum absolute atomic E-state index is 12.5. The largest absolute Gasteiger partial charge is 0.366 e. The van der Waals surface area contributed by atoms with Gasteiger partial charge in [0.25, 0.3) is 5.91 Å². The molecule has 0 aromatic carbocycles. The van der Waals surface area contributed by atoms with Gasteiger partial charge in [-0.15, -0.1) is 0 Å². The van der Waals surface area contributed by atoms with Crippen LogP contribution in [-0.2, 0) is 9.53 Å². The van der Waals surface area contributed by atoms with Crippen molar-refractivity contribution in [3.8, 4) is 0 Å². The summed E-state index contributed by atoms with van der Waals surface area (Å²) in [6.07, 6.45) is 5.35. The first-order valence-electron chi connectivity index (χ1n) is 6.89. The second-order valence-electron chi connectivity index (χ2n) is 5.04. The Hall–Kier alpha value is -1.46. The Morgan fingerprint density at radius 3 is 3.21 bits per heavy atom. The lowest BCUT2D eigenvalue weighted by Crippen LogP contribution is -2.49. The smallest absolute Gasteiger partial charge is 0.253 e. The normalized spacial score (nSPS) is 27.5. The second-order valence-corrected chi connectivity index (χ2v) is 5.04. The van der Waals surface area contributed by atoms with Gasteiger partial charge in [-0.2, -0.15) is 0 Å². The van der Waals surface area contributed by atoms with Crippen LogP contribution in [0.5, 0.6) is 0 Å². The molecule has 1 aromatic rings. The lowest BCUT2D eigenvalue weighted by atomic mass is 10.1. The fourth-order valence-electron chi connectivity index (χ4n) is 2.86. The van der Waals surface area contributed by atoms with E-state index in [9.17, 15) is 4.79 Å². The molecule has 1 N–H and O–H groups in total. The minimum Gasteiger partial charge on any atom is -0.366 e. The van der Waals surface area contributed by atoms with Crippen LogP contribution in [0.4, 0.5) is 0 Å². The predicted octanol–water partition coefficient (Wildman–Crippen LogP) is 0.733. The molecule has 0 spiro atoms. The molecule has 1 amide bonds. The summed E-state index contributed by atoms with van der Waals surface area (Å²) in [5.74, 6) is 0.110. The molecule has 102 valence electrons. The van der Waals surface area contributed by atoms with Crippen LogP contribution in [0.25, 0.3) is 0 Å². The number of nitrogens with zero attached hydrogens (tertiary/aromatic N) is 2. The number of pyridine rings is 1. The lowest BCUT2D eigenvalue weighted by molar-refractivity contribution is -0.146. The van der Waals surface area contributed by atoms with E-state index in [1.807, 2.05) is 23.2 Å². The Bertz CT molecular complexity index is 432. The van der Waals surface area contributed by atoms with Crippen LogP contribution in [0, 0.1) is 0 Å². The summed E-state index contributed by atoms with van der Waals surface area (Å²) in [6.45, 7) is 2.88. The van der Waals surface area contributed by atoms with Gasteiger partial charge in [0.05, 0.1) is 12.6 Å². The first kappa shape index (κ1) is 12.6. The quantitative estimate of drug-likeness (QED) is 0.853. The lowest BCUT2D eigenvalue weighted by Gasteiger charge is -2.31. The highest BCUT2D eigenvalue weighted by Crippen LogP contribution is 2.32. The van der Waals surface area contributed by atoms with E-state index in [0.717, 1.165) is 31.5 Å². The van der Waals surface area contributed by atoms with Crippen molar-refractivity contribution in [1.29, 1.82) is 0 Å². The van der Waals surface area contributed by atoms with Gasteiger partial charge in [-0.25, -0.2) is 0 Å². The zero-order valence-corrected chi connectivity index (χ0v) is 10.9. The molecule has 19 heavy (non-hydrogen) atoms. The molecular weight excluding hydrogens is 242 g/mol. The molecule has 3 rings (SSSR count). The number of nitrogens with one attached hydrogen (secondary N) is 1. The zero-order chi connectivity index (χ0) is 13.1. The van der Waals surface area contributed by atoms with Crippen LogP contribution in [0.3, 0.4) is 0 Å². The van der Waals surface area contributed by atoms with Crippen molar-refractivity contribution in [2.24, 2.45) is 0 Å². The molecule has 2 unspecified atom stereocenters. The van der Waals surface area contributed by atoms with Crippen molar-refractivity contribution in [3.05, 3.63) is 30.1 Å². The Labute approximate surface area is 113 Å². The van der Waals surface area contributed by atoms with Gasteiger partial charge in [-0.3, -0.25) is 9.78 Å². The molecule has 2 atom stereocenters. The molecule has 2 aliphatic heterocycles. The first-order valence-corrected chi connectivity index (χ1v) is 6.89. The van der Waals surface area contributed by atoms with E-state index in [-0.39, 0.29) is 18.1 Å². The monoisotopic (exact) mass is 261 g/mol. The average molecular weight is 261 g/mol. The Kier molecular flexibility index (Phi) is 3.75. The summed E-state index contributed by atoms with van der Waals surface area (Å²) in [5.41, 5.74) is 1.12. The number of morpholine rings is 1. The third kappa shape index (κ3) is 2.62. The highest BCUT2D eigenvalue weighted by molar-refractivity contribution is 5.82. The molecule has 0 aliphatic carbocycles. The van der Waals surface area contributed by atoms with E-state index in [1.54, 1.807) is 6.20 Å². The minimum atomic E-state index is -0.328. The Morgan fingerprint density at radius 1 is 1.53 bits per heavy atom. The predicted molar refractivity (Wildman–Crippen MR) is 70.5 cm³/mol. The number of hydrogen-bond acceptors (Lipinski definition) is 4. The number of carbonyl (C=O) groups excluding carboxylic acids is 1. The van der Waals surface area contributed by atoms with Gasteiger partial charge in [0.2, 0.25) is 0 Å². The molecule has 2 saturated heterocycles. The van der Waals surface area contributed by atoms with Crippen molar-refractivity contribution >= 4 is 5.91 Å². The van der Waals surface area contributed by atoms with Gasteiger partial charge in [0.15, 0.2) is 0 Å². The van der Waals surface area contributed by atoms with Crippen molar-refractivity contribution < 1.29 is 9.53 Å². The van der Waals surface area contributed by atoms with Crippen molar-refractivity contribution in [2.75, 3.05) is 26.2 Å². The summed E-state index contributed by atoms with van der Waals surface area (Å²) in [5, 5.41) is 3.21. The van der Waals surface area contributed by atoms with Crippen molar-refractivity contribution in [1.82, 2.24) is 15.2 Å². The Morgan fingerprint density at radius 2 is 2.47 bits per heavy atom. The van der Waals surface area contributed by atoms with Crippen LogP contribution >= 0.6 is 0 Å². The van der Waals surface area contributed by atoms with Crippen LogP contribution in [0.15, 0.2) is 24.5 Å². The SMILES string of the molecule is O=C(C1CNCCO1)N1CCCC1c1cccnc1. The van der Waals surface area contributed by atoms with Gasteiger partial charge >= 0.3 is 0 Å². The van der Waals surface area contributed by atoms with Crippen LogP contribution < -0.4 is 5.32 Å². The molecule has 0 saturated carbocycles. The third-order valence-corrected chi connectivity index (χ3v) is 3.81. The standard InChI is InChI=1S/C14H19N3O2/c18-14(13-10-16-6-8-19-13)17-7-2-4-12(17)11-3-1-5-15-9-11/h1,3,5,9,12-13,16H,2,4,6-8,10H2. The molecule has 5 heteroatoms. The van der Waals surface area contributed by atoms with Gasteiger partial charge < -0.3 is 15.0 Å².